The van der Waals surface area contributed by atoms with Crippen molar-refractivity contribution < 1.29 is 4.74 Å². The minimum Gasteiger partial charge on any atom is -0.373 e. The van der Waals surface area contributed by atoms with Crippen molar-refractivity contribution in [1.29, 1.82) is 0 Å². The Balaban J connectivity index is 1.94. The van der Waals surface area contributed by atoms with Gasteiger partial charge in [-0.3, -0.25) is 4.90 Å². The number of rotatable bonds is 2. The summed E-state index contributed by atoms with van der Waals surface area (Å²) >= 11 is 1.76. The smallest absolute Gasteiger partial charge is 0.0772 e. The molecule has 2 unspecified atom stereocenters. The highest BCUT2D eigenvalue weighted by atomic mass is 32.1. The molecule has 2 N–H and O–H groups in total. The lowest BCUT2D eigenvalue weighted by molar-refractivity contribution is -0.0702. The van der Waals surface area contributed by atoms with Crippen LogP contribution in [0, 0.1) is 11.8 Å². The van der Waals surface area contributed by atoms with Crippen LogP contribution in [0.15, 0.2) is 12.1 Å². The average Bonchev–Trinajstić information content (AvgIpc) is 2.72. The summed E-state index contributed by atoms with van der Waals surface area (Å²) in [6.45, 7) is 7.70. The molecule has 98 valence electrons. The predicted octanol–water partition coefficient (Wildman–Crippen LogP) is 1.67. The van der Waals surface area contributed by atoms with Crippen molar-refractivity contribution >= 4 is 11.3 Å². The van der Waals surface area contributed by atoms with Gasteiger partial charge in [-0.1, -0.05) is 11.8 Å². The molecule has 0 spiro atoms. The van der Waals surface area contributed by atoms with Crippen LogP contribution in [0.5, 0.6) is 0 Å². The number of hydrogen-bond acceptors (Lipinski definition) is 4. The second kappa shape index (κ2) is 6.35. The lowest BCUT2D eigenvalue weighted by Gasteiger charge is -2.34. The topological polar surface area (TPSA) is 38.5 Å². The van der Waals surface area contributed by atoms with Crippen LogP contribution in [0.25, 0.3) is 0 Å². The highest BCUT2D eigenvalue weighted by Gasteiger charge is 2.22. The third kappa shape index (κ3) is 3.82. The Bertz CT molecular complexity index is 436. The molecule has 0 bridgehead atoms. The van der Waals surface area contributed by atoms with E-state index < -0.39 is 0 Å². The standard InChI is InChI=1S/C14H20N2OS/c1-11-8-16(9-12(2)17-11)10-14-6-5-13(18-14)4-3-7-15/h5-6,11-12H,7-10,15H2,1-2H3. The van der Waals surface area contributed by atoms with E-state index in [9.17, 15) is 0 Å². The monoisotopic (exact) mass is 264 g/mol. The van der Waals surface area contributed by atoms with E-state index in [2.05, 4.69) is 42.7 Å². The fourth-order valence-corrected chi connectivity index (χ4v) is 3.23. The maximum atomic E-state index is 5.74. The van der Waals surface area contributed by atoms with E-state index in [1.54, 1.807) is 11.3 Å². The van der Waals surface area contributed by atoms with Gasteiger partial charge in [0.05, 0.1) is 23.6 Å². The number of nitrogens with two attached hydrogens (primary N) is 1. The van der Waals surface area contributed by atoms with Crippen molar-refractivity contribution in [2.75, 3.05) is 19.6 Å². The summed E-state index contributed by atoms with van der Waals surface area (Å²) in [6, 6.07) is 4.24. The third-order valence-corrected chi connectivity index (χ3v) is 3.84. The van der Waals surface area contributed by atoms with Gasteiger partial charge in [-0.15, -0.1) is 11.3 Å². The van der Waals surface area contributed by atoms with Crippen molar-refractivity contribution in [3.8, 4) is 11.8 Å². The summed E-state index contributed by atoms with van der Waals surface area (Å²) in [5.74, 6) is 5.97. The van der Waals surface area contributed by atoms with Crippen LogP contribution in [-0.2, 0) is 11.3 Å². The summed E-state index contributed by atoms with van der Waals surface area (Å²) in [4.78, 5) is 4.91. The van der Waals surface area contributed by atoms with Crippen LogP contribution in [0.1, 0.15) is 23.6 Å². The van der Waals surface area contributed by atoms with E-state index in [0.29, 0.717) is 18.8 Å². The molecule has 1 aromatic rings. The van der Waals surface area contributed by atoms with Crippen LogP contribution < -0.4 is 5.73 Å². The van der Waals surface area contributed by atoms with Crippen molar-refractivity contribution in [3.63, 3.8) is 0 Å². The molecular formula is C14H20N2OS. The van der Waals surface area contributed by atoms with E-state index in [-0.39, 0.29) is 0 Å². The number of ether oxygens (including phenoxy) is 1. The Hall–Kier alpha value is -0.860. The number of hydrogen-bond donors (Lipinski definition) is 1. The largest absolute Gasteiger partial charge is 0.373 e. The molecule has 1 fully saturated rings. The van der Waals surface area contributed by atoms with Gasteiger partial charge in [0.1, 0.15) is 0 Å². The summed E-state index contributed by atoms with van der Waals surface area (Å²) < 4.78 is 5.74. The Kier molecular flexibility index (Phi) is 4.79. The van der Waals surface area contributed by atoms with E-state index in [1.165, 1.54) is 4.88 Å². The molecule has 0 saturated carbocycles. The van der Waals surface area contributed by atoms with E-state index >= 15 is 0 Å². The lowest BCUT2D eigenvalue weighted by Crippen LogP contribution is -2.44. The van der Waals surface area contributed by atoms with Gasteiger partial charge in [-0.05, 0) is 26.0 Å². The Morgan fingerprint density at radius 3 is 2.78 bits per heavy atom. The molecule has 2 atom stereocenters. The summed E-state index contributed by atoms with van der Waals surface area (Å²) in [5.41, 5.74) is 5.37. The highest BCUT2D eigenvalue weighted by molar-refractivity contribution is 7.12. The second-order valence-electron chi connectivity index (χ2n) is 4.72. The van der Waals surface area contributed by atoms with Crippen molar-refractivity contribution in [1.82, 2.24) is 4.90 Å². The van der Waals surface area contributed by atoms with Crippen LogP contribution >= 0.6 is 11.3 Å². The predicted molar refractivity (Wildman–Crippen MR) is 75.5 cm³/mol. The molecular weight excluding hydrogens is 244 g/mol. The third-order valence-electron chi connectivity index (χ3n) is 2.85. The molecule has 4 heteroatoms. The SMILES string of the molecule is CC1CN(Cc2ccc(C#CCN)s2)CC(C)O1. The fraction of sp³-hybridized carbons (Fsp3) is 0.571. The van der Waals surface area contributed by atoms with Gasteiger partial charge in [0.2, 0.25) is 0 Å². The van der Waals surface area contributed by atoms with Crippen LogP contribution in [-0.4, -0.2) is 36.7 Å². The van der Waals surface area contributed by atoms with Gasteiger partial charge in [-0.2, -0.15) is 0 Å². The molecule has 1 aliphatic rings. The first kappa shape index (κ1) is 13.6. The molecule has 3 nitrogen and oxygen atoms in total. The quantitative estimate of drug-likeness (QED) is 0.826. The molecule has 1 aliphatic heterocycles. The van der Waals surface area contributed by atoms with Gasteiger partial charge in [0, 0.05) is 24.5 Å². The fourth-order valence-electron chi connectivity index (χ4n) is 2.30. The molecule has 0 amide bonds. The Morgan fingerprint density at radius 1 is 1.39 bits per heavy atom. The summed E-state index contributed by atoms with van der Waals surface area (Å²) in [7, 11) is 0. The zero-order valence-corrected chi connectivity index (χ0v) is 11.8. The molecule has 1 saturated heterocycles. The minimum absolute atomic E-state index is 0.324. The maximum absolute atomic E-state index is 5.74. The Labute approximate surface area is 113 Å². The summed E-state index contributed by atoms with van der Waals surface area (Å²) in [6.07, 6.45) is 0.649. The second-order valence-corrected chi connectivity index (χ2v) is 5.89. The summed E-state index contributed by atoms with van der Waals surface area (Å²) in [5, 5.41) is 0. The first-order chi connectivity index (χ1) is 8.67. The molecule has 2 rings (SSSR count). The van der Waals surface area contributed by atoms with Gasteiger partial charge in [0.25, 0.3) is 0 Å². The van der Waals surface area contributed by atoms with Gasteiger partial charge in [-0.25, -0.2) is 0 Å². The molecule has 0 radical (unpaired) electrons. The van der Waals surface area contributed by atoms with Gasteiger partial charge in [0.15, 0.2) is 0 Å². The van der Waals surface area contributed by atoms with Gasteiger partial charge >= 0.3 is 0 Å². The van der Waals surface area contributed by atoms with Crippen molar-refractivity contribution in [2.24, 2.45) is 5.73 Å². The van der Waals surface area contributed by atoms with Gasteiger partial charge < -0.3 is 10.5 Å². The van der Waals surface area contributed by atoms with E-state index in [4.69, 9.17) is 10.5 Å². The maximum Gasteiger partial charge on any atom is 0.0772 e. The first-order valence-corrected chi connectivity index (χ1v) is 7.14. The van der Waals surface area contributed by atoms with Crippen LogP contribution in [0.3, 0.4) is 0 Å². The Morgan fingerprint density at radius 2 is 2.11 bits per heavy atom. The van der Waals surface area contributed by atoms with E-state index in [1.807, 2.05) is 0 Å². The van der Waals surface area contributed by atoms with Crippen LogP contribution in [0.2, 0.25) is 0 Å². The zero-order chi connectivity index (χ0) is 13.0. The number of thiophene rings is 1. The first-order valence-electron chi connectivity index (χ1n) is 6.33. The molecule has 2 heterocycles. The molecule has 1 aromatic heterocycles. The minimum atomic E-state index is 0.324. The normalized spacial score (nSPS) is 24.6. The van der Waals surface area contributed by atoms with E-state index in [0.717, 1.165) is 24.5 Å². The molecule has 0 aliphatic carbocycles. The number of morpholine rings is 1. The molecule has 18 heavy (non-hydrogen) atoms. The van der Waals surface area contributed by atoms with Crippen LogP contribution in [0.4, 0.5) is 0 Å². The molecule has 0 aromatic carbocycles. The lowest BCUT2D eigenvalue weighted by atomic mass is 10.2. The average molecular weight is 264 g/mol. The zero-order valence-electron chi connectivity index (χ0n) is 11.0. The van der Waals surface area contributed by atoms with Crippen molar-refractivity contribution in [2.45, 2.75) is 32.6 Å². The van der Waals surface area contributed by atoms with Crippen molar-refractivity contribution in [3.05, 3.63) is 21.9 Å². The number of nitrogens with zero attached hydrogens (tertiary/aromatic N) is 1. The highest BCUT2D eigenvalue weighted by Crippen LogP contribution is 2.20.